The first-order valence-corrected chi connectivity index (χ1v) is 10.4. The van der Waals surface area contributed by atoms with Gasteiger partial charge in [-0.25, -0.2) is 9.97 Å². The van der Waals surface area contributed by atoms with Crippen LogP contribution in [0, 0.1) is 0 Å². The van der Waals surface area contributed by atoms with Crippen LogP contribution < -0.4 is 5.32 Å². The van der Waals surface area contributed by atoms with Crippen LogP contribution in [0.5, 0.6) is 0 Å². The van der Waals surface area contributed by atoms with Crippen molar-refractivity contribution < 1.29 is 0 Å². The Hall–Kier alpha value is -2.02. The zero-order valence-electron chi connectivity index (χ0n) is 16.3. The first kappa shape index (κ1) is 18.3. The number of thiophene rings is 1. The molecule has 0 unspecified atom stereocenters. The van der Waals surface area contributed by atoms with Gasteiger partial charge in [0, 0.05) is 17.0 Å². The molecule has 4 rings (SSSR count). The highest BCUT2D eigenvalue weighted by atomic mass is 32.1. The second kappa shape index (κ2) is 7.92. The van der Waals surface area contributed by atoms with E-state index in [0.717, 1.165) is 54.3 Å². The quantitative estimate of drug-likeness (QED) is 0.726. The van der Waals surface area contributed by atoms with Crippen LogP contribution in [0.3, 0.4) is 0 Å². The number of aromatic nitrogens is 2. The summed E-state index contributed by atoms with van der Waals surface area (Å²) in [5.41, 5.74) is 2.45. The van der Waals surface area contributed by atoms with Crippen molar-refractivity contribution in [1.29, 1.82) is 0 Å². The molecule has 6 heteroatoms. The molecule has 0 amide bonds. The molecule has 1 aromatic carbocycles. The highest BCUT2D eigenvalue weighted by Gasteiger charge is 2.21. The fraction of sp³-hybridized carbons (Fsp3) is 0.429. The van der Waals surface area contributed by atoms with Crippen LogP contribution in [0.1, 0.15) is 18.7 Å². The van der Waals surface area contributed by atoms with Gasteiger partial charge in [-0.1, -0.05) is 30.3 Å². The van der Waals surface area contributed by atoms with Gasteiger partial charge in [0.2, 0.25) is 0 Å². The van der Waals surface area contributed by atoms with Gasteiger partial charge in [0.05, 0.1) is 11.9 Å². The highest BCUT2D eigenvalue weighted by Crippen LogP contribution is 2.37. The molecule has 142 valence electrons. The molecule has 0 spiro atoms. The Labute approximate surface area is 165 Å². The molecule has 1 aliphatic heterocycles. The molecule has 3 aromatic rings. The Morgan fingerprint density at radius 2 is 1.89 bits per heavy atom. The van der Waals surface area contributed by atoms with Crippen LogP contribution in [-0.2, 0) is 6.54 Å². The molecule has 0 aliphatic carbocycles. The number of anilines is 1. The van der Waals surface area contributed by atoms with E-state index in [1.165, 1.54) is 11.1 Å². The summed E-state index contributed by atoms with van der Waals surface area (Å²) in [6.45, 7) is 3.01. The number of rotatable bonds is 5. The van der Waals surface area contributed by atoms with Crippen LogP contribution in [-0.4, -0.2) is 60.0 Å². The molecule has 3 heterocycles. The SMILES string of the molecule is CN(C)Cc1nc(NC2CCN(C)CC2)c2c(-c3ccccc3)csc2n1. The van der Waals surface area contributed by atoms with E-state index >= 15 is 0 Å². The lowest BCUT2D eigenvalue weighted by atomic mass is 10.0. The molecule has 0 bridgehead atoms. The van der Waals surface area contributed by atoms with Gasteiger partial charge in [0.15, 0.2) is 0 Å². The Balaban J connectivity index is 1.76. The van der Waals surface area contributed by atoms with Crippen molar-refractivity contribution in [2.75, 3.05) is 39.5 Å². The zero-order valence-corrected chi connectivity index (χ0v) is 17.1. The number of benzene rings is 1. The molecule has 5 nitrogen and oxygen atoms in total. The Morgan fingerprint density at radius 1 is 1.15 bits per heavy atom. The summed E-state index contributed by atoms with van der Waals surface area (Å²) in [4.78, 5) is 15.4. The lowest BCUT2D eigenvalue weighted by molar-refractivity contribution is 0.263. The smallest absolute Gasteiger partial charge is 0.146 e. The predicted molar refractivity (Wildman–Crippen MR) is 114 cm³/mol. The van der Waals surface area contributed by atoms with E-state index in [9.17, 15) is 0 Å². The van der Waals surface area contributed by atoms with Crippen molar-refractivity contribution in [3.63, 3.8) is 0 Å². The maximum atomic E-state index is 4.94. The third kappa shape index (κ3) is 4.13. The Morgan fingerprint density at radius 3 is 2.59 bits per heavy atom. The lowest BCUT2D eigenvalue weighted by Gasteiger charge is -2.30. The molecule has 1 N–H and O–H groups in total. The average molecular weight is 382 g/mol. The van der Waals surface area contributed by atoms with Crippen molar-refractivity contribution in [3.8, 4) is 11.1 Å². The molecule has 1 fully saturated rings. The van der Waals surface area contributed by atoms with Crippen LogP contribution >= 0.6 is 11.3 Å². The second-order valence-corrected chi connectivity index (χ2v) is 8.50. The van der Waals surface area contributed by atoms with Crippen LogP contribution in [0.4, 0.5) is 5.82 Å². The largest absolute Gasteiger partial charge is 0.367 e. The van der Waals surface area contributed by atoms with E-state index in [-0.39, 0.29) is 0 Å². The summed E-state index contributed by atoms with van der Waals surface area (Å²) in [6.07, 6.45) is 2.30. The Kier molecular flexibility index (Phi) is 5.38. The van der Waals surface area contributed by atoms with Gasteiger partial charge >= 0.3 is 0 Å². The minimum absolute atomic E-state index is 0.468. The number of nitrogens with one attached hydrogen (secondary N) is 1. The normalized spacial score (nSPS) is 16.3. The first-order valence-electron chi connectivity index (χ1n) is 9.53. The van der Waals surface area contributed by atoms with Crippen LogP contribution in [0.15, 0.2) is 35.7 Å². The molecule has 0 saturated carbocycles. The van der Waals surface area contributed by atoms with Crippen molar-refractivity contribution >= 4 is 27.4 Å². The summed E-state index contributed by atoms with van der Waals surface area (Å²) in [7, 11) is 6.31. The van der Waals surface area contributed by atoms with E-state index in [0.29, 0.717) is 6.04 Å². The number of fused-ring (bicyclic) bond motifs is 1. The number of hydrogen-bond acceptors (Lipinski definition) is 6. The highest BCUT2D eigenvalue weighted by molar-refractivity contribution is 7.17. The summed E-state index contributed by atoms with van der Waals surface area (Å²) in [5, 5.41) is 7.14. The predicted octanol–water partition coefficient (Wildman–Crippen LogP) is 3.93. The van der Waals surface area contributed by atoms with Crippen molar-refractivity contribution in [1.82, 2.24) is 19.8 Å². The molecule has 1 aliphatic rings. The van der Waals surface area contributed by atoms with Gasteiger partial charge < -0.3 is 15.1 Å². The van der Waals surface area contributed by atoms with Gasteiger partial charge in [0.1, 0.15) is 16.5 Å². The summed E-state index contributed by atoms with van der Waals surface area (Å²) >= 11 is 1.71. The van der Waals surface area contributed by atoms with Crippen LogP contribution in [0.25, 0.3) is 21.3 Å². The molecular weight excluding hydrogens is 354 g/mol. The fourth-order valence-corrected chi connectivity index (χ4v) is 4.59. The number of nitrogens with zero attached hydrogens (tertiary/aromatic N) is 4. The van der Waals surface area contributed by atoms with Gasteiger partial charge in [-0.3, -0.25) is 0 Å². The number of likely N-dealkylation sites (tertiary alicyclic amines) is 1. The van der Waals surface area contributed by atoms with Crippen molar-refractivity contribution in [3.05, 3.63) is 41.5 Å². The van der Waals surface area contributed by atoms with E-state index in [4.69, 9.17) is 9.97 Å². The lowest BCUT2D eigenvalue weighted by Crippen LogP contribution is -2.37. The molecule has 2 aromatic heterocycles. The first-order chi connectivity index (χ1) is 13.1. The maximum absolute atomic E-state index is 4.94. The van der Waals surface area contributed by atoms with Gasteiger partial charge in [-0.05, 0) is 52.6 Å². The standard InChI is InChI=1S/C21H27N5S/c1-25(2)13-18-23-20(22-16-9-11-26(3)12-10-16)19-17(14-27-21(19)24-18)15-7-5-4-6-8-15/h4-8,14,16H,9-13H2,1-3H3,(H,22,23,24). The van der Waals surface area contributed by atoms with Crippen LogP contribution in [0.2, 0.25) is 0 Å². The summed E-state index contributed by atoms with van der Waals surface area (Å²) in [5.74, 6) is 1.87. The minimum Gasteiger partial charge on any atom is -0.367 e. The molecule has 0 radical (unpaired) electrons. The third-order valence-electron chi connectivity index (χ3n) is 5.08. The van der Waals surface area contributed by atoms with Crippen molar-refractivity contribution in [2.45, 2.75) is 25.4 Å². The van der Waals surface area contributed by atoms with Gasteiger partial charge in [0.25, 0.3) is 0 Å². The number of hydrogen-bond donors (Lipinski definition) is 1. The Bertz CT molecular complexity index is 898. The maximum Gasteiger partial charge on any atom is 0.146 e. The summed E-state index contributed by atoms with van der Waals surface area (Å²) < 4.78 is 0. The number of piperidine rings is 1. The van der Waals surface area contributed by atoms with E-state index in [2.05, 4.69) is 72.0 Å². The molecule has 27 heavy (non-hydrogen) atoms. The van der Waals surface area contributed by atoms with E-state index in [1.54, 1.807) is 11.3 Å². The minimum atomic E-state index is 0.468. The average Bonchev–Trinajstić information content (AvgIpc) is 3.08. The third-order valence-corrected chi connectivity index (χ3v) is 5.95. The van der Waals surface area contributed by atoms with Crippen molar-refractivity contribution in [2.24, 2.45) is 0 Å². The molecule has 0 atom stereocenters. The molecular formula is C21H27N5S. The molecule has 1 saturated heterocycles. The summed E-state index contributed by atoms with van der Waals surface area (Å²) in [6, 6.07) is 11.0. The monoisotopic (exact) mass is 381 g/mol. The second-order valence-electron chi connectivity index (χ2n) is 7.64. The van der Waals surface area contributed by atoms with E-state index in [1.807, 2.05) is 0 Å². The topological polar surface area (TPSA) is 44.3 Å². The fourth-order valence-electron chi connectivity index (χ4n) is 3.62. The van der Waals surface area contributed by atoms with Gasteiger partial charge in [-0.15, -0.1) is 11.3 Å². The van der Waals surface area contributed by atoms with E-state index < -0.39 is 0 Å². The van der Waals surface area contributed by atoms with Gasteiger partial charge in [-0.2, -0.15) is 0 Å². The zero-order chi connectivity index (χ0) is 18.8.